The summed E-state index contributed by atoms with van der Waals surface area (Å²) >= 11 is 0. The fourth-order valence-electron chi connectivity index (χ4n) is 1.52. The number of pyridine rings is 2. The fraction of sp³-hybridized carbons (Fsp3) is 0.167. The molecule has 0 fully saturated rings. The van der Waals surface area contributed by atoms with E-state index in [-0.39, 0.29) is 6.10 Å². The van der Waals surface area contributed by atoms with Gasteiger partial charge in [0.05, 0.1) is 11.9 Å². The molecule has 0 aromatic carbocycles. The monoisotopic (exact) mass is 244 g/mol. The van der Waals surface area contributed by atoms with E-state index in [2.05, 4.69) is 9.97 Å². The zero-order valence-electron chi connectivity index (χ0n) is 9.89. The summed E-state index contributed by atoms with van der Waals surface area (Å²) in [6, 6.07) is 7.12. The van der Waals surface area contributed by atoms with E-state index in [0.29, 0.717) is 11.2 Å². The van der Waals surface area contributed by atoms with Crippen molar-refractivity contribution in [3.05, 3.63) is 48.5 Å². The lowest BCUT2D eigenvalue weighted by Gasteiger charge is -2.14. The van der Waals surface area contributed by atoms with Crippen LogP contribution in [0, 0.1) is 0 Å². The van der Waals surface area contributed by atoms with Crippen LogP contribution in [0.1, 0.15) is 18.7 Å². The Kier molecular flexibility index (Phi) is 3.91. The summed E-state index contributed by atoms with van der Waals surface area (Å²) in [7, 11) is -1.55. The molecule has 0 aliphatic heterocycles. The van der Waals surface area contributed by atoms with Gasteiger partial charge in [-0.15, -0.1) is 0 Å². The number of ether oxygens (including phenoxy) is 1. The second-order valence-electron chi connectivity index (χ2n) is 3.84. The summed E-state index contributed by atoms with van der Waals surface area (Å²) in [5.74, 6) is 0.471. The van der Waals surface area contributed by atoms with Crippen LogP contribution in [-0.4, -0.2) is 27.1 Å². The zero-order valence-corrected chi connectivity index (χ0v) is 9.89. The first-order valence-corrected chi connectivity index (χ1v) is 5.55. The van der Waals surface area contributed by atoms with E-state index in [9.17, 15) is 0 Å². The van der Waals surface area contributed by atoms with Crippen LogP contribution in [0.3, 0.4) is 0 Å². The Balaban J connectivity index is 2.12. The molecule has 2 heterocycles. The van der Waals surface area contributed by atoms with Gasteiger partial charge in [0.15, 0.2) is 0 Å². The molecular formula is C12H13BN2O3. The predicted octanol–water partition coefficient (Wildman–Crippen LogP) is 0.296. The Hall–Kier alpha value is -1.92. The largest absolute Gasteiger partial charge is 0.490 e. The number of hydrogen-bond donors (Lipinski definition) is 2. The van der Waals surface area contributed by atoms with Crippen LogP contribution in [0.25, 0.3) is 0 Å². The molecule has 0 spiro atoms. The van der Waals surface area contributed by atoms with E-state index in [0.717, 1.165) is 5.69 Å². The number of rotatable bonds is 4. The first-order chi connectivity index (χ1) is 8.66. The van der Waals surface area contributed by atoms with Crippen molar-refractivity contribution in [3.8, 4) is 5.75 Å². The van der Waals surface area contributed by atoms with Crippen molar-refractivity contribution in [3.63, 3.8) is 0 Å². The van der Waals surface area contributed by atoms with Gasteiger partial charge in [0.1, 0.15) is 11.9 Å². The van der Waals surface area contributed by atoms with Gasteiger partial charge in [-0.25, -0.2) is 0 Å². The maximum Gasteiger partial charge on any atom is 0.490 e. The molecular weight excluding hydrogens is 231 g/mol. The number of nitrogens with zero attached hydrogens (tertiary/aromatic N) is 2. The van der Waals surface area contributed by atoms with Crippen molar-refractivity contribution in [1.29, 1.82) is 0 Å². The maximum atomic E-state index is 9.05. The molecule has 0 saturated heterocycles. The predicted molar refractivity (Wildman–Crippen MR) is 67.3 cm³/mol. The first kappa shape index (κ1) is 12.5. The third kappa shape index (κ3) is 3.06. The smallest absolute Gasteiger partial charge is 0.483 e. The van der Waals surface area contributed by atoms with Crippen molar-refractivity contribution in [1.82, 2.24) is 9.97 Å². The quantitative estimate of drug-likeness (QED) is 0.756. The van der Waals surface area contributed by atoms with E-state index in [4.69, 9.17) is 14.8 Å². The summed E-state index contributed by atoms with van der Waals surface area (Å²) < 4.78 is 5.64. The molecule has 0 unspecified atom stereocenters. The molecule has 2 rings (SSSR count). The molecule has 0 aliphatic carbocycles. The molecule has 0 bridgehead atoms. The summed E-state index contributed by atoms with van der Waals surface area (Å²) in [6.45, 7) is 1.87. The van der Waals surface area contributed by atoms with Gasteiger partial charge in [-0.3, -0.25) is 9.97 Å². The van der Waals surface area contributed by atoms with Crippen molar-refractivity contribution in [2.24, 2.45) is 0 Å². The topological polar surface area (TPSA) is 75.5 Å². The van der Waals surface area contributed by atoms with E-state index < -0.39 is 7.12 Å². The highest BCUT2D eigenvalue weighted by atomic mass is 16.5. The van der Waals surface area contributed by atoms with Gasteiger partial charge >= 0.3 is 7.12 Å². The minimum atomic E-state index is -1.55. The Morgan fingerprint density at radius 1 is 1.28 bits per heavy atom. The van der Waals surface area contributed by atoms with Gasteiger partial charge in [0.2, 0.25) is 0 Å². The Bertz CT molecular complexity index is 508. The van der Waals surface area contributed by atoms with Gasteiger partial charge in [-0.05, 0) is 25.1 Å². The average Bonchev–Trinajstić information content (AvgIpc) is 2.40. The molecule has 1 atom stereocenters. The second kappa shape index (κ2) is 5.62. The van der Waals surface area contributed by atoms with Crippen LogP contribution in [0.4, 0.5) is 0 Å². The zero-order chi connectivity index (χ0) is 13.0. The summed E-state index contributed by atoms with van der Waals surface area (Å²) in [5.41, 5.74) is 1.09. The Morgan fingerprint density at radius 3 is 2.78 bits per heavy atom. The minimum absolute atomic E-state index is 0.237. The number of aromatic nitrogens is 2. The molecule has 0 radical (unpaired) electrons. The molecule has 6 heteroatoms. The molecule has 0 aliphatic rings. The third-order valence-corrected chi connectivity index (χ3v) is 2.45. The summed E-state index contributed by atoms with van der Waals surface area (Å²) in [6.07, 6.45) is 4.36. The van der Waals surface area contributed by atoms with Crippen LogP contribution < -0.4 is 10.2 Å². The van der Waals surface area contributed by atoms with Crippen molar-refractivity contribution < 1.29 is 14.8 Å². The van der Waals surface area contributed by atoms with Crippen LogP contribution in [0.5, 0.6) is 5.75 Å². The minimum Gasteiger partial charge on any atom is -0.483 e. The molecule has 0 amide bonds. The van der Waals surface area contributed by atoms with Crippen LogP contribution in [0.2, 0.25) is 0 Å². The Labute approximate surface area is 105 Å². The lowest BCUT2D eigenvalue weighted by atomic mass is 9.82. The maximum absolute atomic E-state index is 9.05. The van der Waals surface area contributed by atoms with E-state index in [1.165, 1.54) is 18.5 Å². The highest BCUT2D eigenvalue weighted by Gasteiger charge is 2.14. The van der Waals surface area contributed by atoms with Gasteiger partial charge in [-0.2, -0.15) is 0 Å². The standard InChI is InChI=1S/C12H13BN2O3/c1-9(12-4-2-3-5-15-12)18-11-6-10(13(16)17)7-14-8-11/h2-9,16-17H,1H3/t9-/m0/s1. The lowest BCUT2D eigenvalue weighted by molar-refractivity contribution is 0.221. The van der Waals surface area contributed by atoms with Crippen molar-refractivity contribution >= 4 is 12.6 Å². The molecule has 2 N–H and O–H groups in total. The molecule has 92 valence electrons. The average molecular weight is 244 g/mol. The molecule has 18 heavy (non-hydrogen) atoms. The van der Waals surface area contributed by atoms with Gasteiger partial charge in [-0.1, -0.05) is 6.07 Å². The summed E-state index contributed by atoms with van der Waals surface area (Å²) in [4.78, 5) is 8.08. The normalized spacial score (nSPS) is 11.9. The molecule has 2 aromatic heterocycles. The van der Waals surface area contributed by atoms with E-state index >= 15 is 0 Å². The lowest BCUT2D eigenvalue weighted by Crippen LogP contribution is -2.30. The SMILES string of the molecule is C[C@H](Oc1cncc(B(O)O)c1)c1ccccn1. The van der Waals surface area contributed by atoms with Crippen LogP contribution >= 0.6 is 0 Å². The fourth-order valence-corrected chi connectivity index (χ4v) is 1.52. The molecule has 5 nitrogen and oxygen atoms in total. The summed E-state index contributed by atoms with van der Waals surface area (Å²) in [5, 5.41) is 18.1. The van der Waals surface area contributed by atoms with Crippen LogP contribution in [0.15, 0.2) is 42.9 Å². The van der Waals surface area contributed by atoms with Crippen molar-refractivity contribution in [2.45, 2.75) is 13.0 Å². The van der Waals surface area contributed by atoms with Crippen molar-refractivity contribution in [2.75, 3.05) is 0 Å². The van der Waals surface area contributed by atoms with Gasteiger partial charge < -0.3 is 14.8 Å². The third-order valence-electron chi connectivity index (χ3n) is 2.45. The first-order valence-electron chi connectivity index (χ1n) is 5.55. The highest BCUT2D eigenvalue weighted by Crippen LogP contribution is 2.18. The second-order valence-corrected chi connectivity index (χ2v) is 3.84. The van der Waals surface area contributed by atoms with E-state index in [1.54, 1.807) is 6.20 Å². The van der Waals surface area contributed by atoms with Crippen LogP contribution in [-0.2, 0) is 0 Å². The van der Waals surface area contributed by atoms with Gasteiger partial charge in [0.25, 0.3) is 0 Å². The number of hydrogen-bond acceptors (Lipinski definition) is 5. The molecule has 2 aromatic rings. The molecule has 0 saturated carbocycles. The van der Waals surface area contributed by atoms with Gasteiger partial charge in [0, 0.05) is 17.9 Å². The highest BCUT2D eigenvalue weighted by molar-refractivity contribution is 6.58. The van der Waals surface area contributed by atoms with E-state index in [1.807, 2.05) is 25.1 Å². The Morgan fingerprint density at radius 2 is 2.11 bits per heavy atom.